The Labute approximate surface area is 224 Å². The first-order valence-corrected chi connectivity index (χ1v) is 13.3. The van der Waals surface area contributed by atoms with Crippen molar-refractivity contribution in [2.75, 3.05) is 13.1 Å². The lowest BCUT2D eigenvalue weighted by Crippen LogP contribution is -2.70. The Hall–Kier alpha value is -3.12. The molecule has 216 valence electrons. The van der Waals surface area contributed by atoms with Crippen LogP contribution in [0.3, 0.4) is 0 Å². The molecule has 3 fully saturated rings. The van der Waals surface area contributed by atoms with Gasteiger partial charge in [0.05, 0.1) is 5.92 Å². The van der Waals surface area contributed by atoms with E-state index in [-0.39, 0.29) is 36.6 Å². The van der Waals surface area contributed by atoms with Crippen molar-refractivity contribution in [3.05, 3.63) is 12.2 Å². The molecule has 10 nitrogen and oxygen atoms in total. The fourth-order valence-corrected chi connectivity index (χ4v) is 7.40. The van der Waals surface area contributed by atoms with Crippen LogP contribution in [0.4, 0.5) is 13.2 Å². The highest BCUT2D eigenvalue weighted by molar-refractivity contribution is 6.00. The number of halogens is 3. The molecule has 0 radical (unpaired) electrons. The Kier molecular flexibility index (Phi) is 7.26. The van der Waals surface area contributed by atoms with Crippen LogP contribution in [0, 0.1) is 40.9 Å². The van der Waals surface area contributed by atoms with Crippen molar-refractivity contribution in [1.82, 2.24) is 15.5 Å². The zero-order valence-electron chi connectivity index (χ0n) is 22.2. The van der Waals surface area contributed by atoms with E-state index in [9.17, 15) is 37.1 Å². The van der Waals surface area contributed by atoms with Crippen molar-refractivity contribution in [2.45, 2.75) is 64.2 Å². The number of likely N-dealkylation sites (tertiary alicyclic amines) is 1. The summed E-state index contributed by atoms with van der Waals surface area (Å²) in [5, 5.41) is 4.54. The number of hydrogen-bond donors (Lipinski definition) is 4. The highest BCUT2D eigenvalue weighted by Gasteiger charge is 2.70. The number of nitrogens with one attached hydrogen (secondary N) is 2. The minimum absolute atomic E-state index is 0.0270. The third-order valence-electron chi connectivity index (χ3n) is 9.07. The molecule has 0 aromatic rings. The predicted octanol–water partition coefficient (Wildman–Crippen LogP) is 0.602. The predicted molar refractivity (Wildman–Crippen MR) is 132 cm³/mol. The van der Waals surface area contributed by atoms with Gasteiger partial charge in [-0.15, -0.1) is 0 Å². The first kappa shape index (κ1) is 28.9. The van der Waals surface area contributed by atoms with Crippen molar-refractivity contribution in [3.8, 4) is 0 Å². The number of nitrogens with two attached hydrogens (primary N) is 2. The van der Waals surface area contributed by atoms with Crippen LogP contribution in [0.15, 0.2) is 12.2 Å². The molecule has 6 N–H and O–H groups in total. The topological polar surface area (TPSA) is 165 Å². The second kappa shape index (κ2) is 9.81. The summed E-state index contributed by atoms with van der Waals surface area (Å²) in [5.74, 6) is -8.67. The zero-order valence-corrected chi connectivity index (χ0v) is 22.2. The molecular weight excluding hydrogens is 519 g/mol. The third kappa shape index (κ3) is 4.77. The summed E-state index contributed by atoms with van der Waals surface area (Å²) in [6, 6.07) is -1.69. The lowest BCUT2D eigenvalue weighted by molar-refractivity contribution is -0.177. The number of amides is 5. The van der Waals surface area contributed by atoms with Gasteiger partial charge >= 0.3 is 12.1 Å². The quantitative estimate of drug-likeness (QED) is 0.338. The van der Waals surface area contributed by atoms with E-state index in [2.05, 4.69) is 5.32 Å². The first-order chi connectivity index (χ1) is 18.0. The van der Waals surface area contributed by atoms with Crippen LogP contribution in [0.2, 0.25) is 0 Å². The lowest BCUT2D eigenvalue weighted by Gasteiger charge is -2.48. The second-order valence-electron chi connectivity index (χ2n) is 12.4. The molecule has 5 unspecified atom stereocenters. The fourth-order valence-electron chi connectivity index (χ4n) is 7.40. The number of allylic oxidation sites excluding steroid dienone is 2. The van der Waals surface area contributed by atoms with Crippen LogP contribution in [-0.2, 0) is 24.0 Å². The SMILES string of the molecule is CC(C)(C)[C@H](NC(=O)C(F)(F)F)C(=O)N1CC2C3C=CC(C3)C2C1(C(N)=O)[C@H](C[C@@H]1CCCNC1=O)C(N)=O. The van der Waals surface area contributed by atoms with Gasteiger partial charge in [0.2, 0.25) is 23.6 Å². The molecule has 0 spiro atoms. The monoisotopic (exact) mass is 555 g/mol. The fraction of sp³-hybridized carbons (Fsp3) is 0.731. The van der Waals surface area contributed by atoms with Gasteiger partial charge in [0.1, 0.15) is 11.6 Å². The summed E-state index contributed by atoms with van der Waals surface area (Å²) in [5.41, 5.74) is 8.78. The molecule has 2 aliphatic carbocycles. The number of carbonyl (C=O) groups excluding carboxylic acids is 5. The number of alkyl halides is 3. The molecule has 0 aromatic carbocycles. The van der Waals surface area contributed by atoms with E-state index >= 15 is 0 Å². The van der Waals surface area contributed by atoms with E-state index in [1.165, 1.54) is 20.8 Å². The number of carbonyl (C=O) groups is 5. The van der Waals surface area contributed by atoms with E-state index in [4.69, 9.17) is 11.5 Å². The number of fused-ring (bicyclic) bond motifs is 5. The molecule has 39 heavy (non-hydrogen) atoms. The molecule has 1 saturated carbocycles. The van der Waals surface area contributed by atoms with Gasteiger partial charge in [-0.05, 0) is 48.9 Å². The number of nitrogens with zero attached hydrogens (tertiary/aromatic N) is 1. The number of hydrogen-bond acceptors (Lipinski definition) is 5. The van der Waals surface area contributed by atoms with Gasteiger partial charge in [0.15, 0.2) is 0 Å². The highest BCUT2D eigenvalue weighted by atomic mass is 19.4. The average molecular weight is 556 g/mol. The highest BCUT2D eigenvalue weighted by Crippen LogP contribution is 2.61. The maximum absolute atomic E-state index is 14.2. The van der Waals surface area contributed by atoms with Crippen LogP contribution in [0.1, 0.15) is 46.5 Å². The molecule has 2 saturated heterocycles. The summed E-state index contributed by atoms with van der Waals surface area (Å²) >= 11 is 0. The summed E-state index contributed by atoms with van der Waals surface area (Å²) < 4.78 is 39.7. The largest absolute Gasteiger partial charge is 0.471 e. The van der Waals surface area contributed by atoms with Gasteiger partial charge < -0.3 is 27.0 Å². The number of primary amides is 2. The normalized spacial score (nSPS) is 33.3. The Morgan fingerprint density at radius 3 is 2.33 bits per heavy atom. The van der Waals surface area contributed by atoms with E-state index < -0.39 is 64.6 Å². The van der Waals surface area contributed by atoms with Crippen molar-refractivity contribution < 1.29 is 37.1 Å². The van der Waals surface area contributed by atoms with Crippen molar-refractivity contribution >= 4 is 29.5 Å². The minimum atomic E-state index is -5.25. The molecule has 5 amide bonds. The van der Waals surface area contributed by atoms with Crippen LogP contribution in [0.5, 0.6) is 0 Å². The van der Waals surface area contributed by atoms with E-state index in [1.54, 1.807) is 0 Å². The Morgan fingerprint density at radius 2 is 1.79 bits per heavy atom. The van der Waals surface area contributed by atoms with Crippen LogP contribution in [-0.4, -0.2) is 65.3 Å². The standard InChI is InChI=1S/C26H36F3N5O5/c1-24(2,3)18(33-23(39)26(27,28)29)21(37)34-11-15-12-6-7-13(9-12)17(15)25(34,22(31)38)16(19(30)35)10-14-5-4-8-32-20(14)36/h6-7,12-18H,4-5,8-11H2,1-3H3,(H2,30,35)(H2,31,38)(H,32,36)(H,33,39)/t12?,13?,14-,15?,16+,17?,18+,25?/m0/s1. The van der Waals surface area contributed by atoms with Gasteiger partial charge in [-0.1, -0.05) is 32.9 Å². The molecule has 2 bridgehead atoms. The molecule has 8 atom stereocenters. The Bertz CT molecular complexity index is 1100. The smallest absolute Gasteiger partial charge is 0.369 e. The molecule has 2 heterocycles. The van der Waals surface area contributed by atoms with E-state index in [1.807, 2.05) is 17.5 Å². The average Bonchev–Trinajstić information content (AvgIpc) is 3.51. The lowest BCUT2D eigenvalue weighted by atomic mass is 9.64. The van der Waals surface area contributed by atoms with E-state index in [0.717, 1.165) is 4.90 Å². The van der Waals surface area contributed by atoms with Crippen LogP contribution >= 0.6 is 0 Å². The first-order valence-electron chi connectivity index (χ1n) is 13.3. The Balaban J connectivity index is 1.83. The van der Waals surface area contributed by atoms with Crippen LogP contribution < -0.4 is 22.1 Å². The summed E-state index contributed by atoms with van der Waals surface area (Å²) in [7, 11) is 0. The number of rotatable bonds is 7. The maximum Gasteiger partial charge on any atom is 0.471 e. The maximum atomic E-state index is 14.2. The molecular formula is C26H36F3N5O5. The summed E-state index contributed by atoms with van der Waals surface area (Å²) in [4.78, 5) is 66.7. The van der Waals surface area contributed by atoms with Gasteiger partial charge in [0, 0.05) is 24.9 Å². The van der Waals surface area contributed by atoms with Gasteiger partial charge in [-0.2, -0.15) is 13.2 Å². The van der Waals surface area contributed by atoms with E-state index in [0.29, 0.717) is 25.8 Å². The summed E-state index contributed by atoms with van der Waals surface area (Å²) in [6.07, 6.45) is 0.247. The molecule has 0 aromatic heterocycles. The Morgan fingerprint density at radius 1 is 1.15 bits per heavy atom. The second-order valence-corrected chi connectivity index (χ2v) is 12.4. The minimum Gasteiger partial charge on any atom is -0.369 e. The zero-order chi connectivity index (χ0) is 29.1. The van der Waals surface area contributed by atoms with Gasteiger partial charge in [0.25, 0.3) is 0 Å². The third-order valence-corrected chi connectivity index (χ3v) is 9.07. The molecule has 4 rings (SSSR count). The molecule has 2 aliphatic heterocycles. The van der Waals surface area contributed by atoms with Crippen molar-refractivity contribution in [2.24, 2.45) is 52.4 Å². The molecule has 13 heteroatoms. The number of piperidine rings is 1. The summed E-state index contributed by atoms with van der Waals surface area (Å²) in [6.45, 7) is 4.87. The van der Waals surface area contributed by atoms with Gasteiger partial charge in [-0.3, -0.25) is 24.0 Å². The van der Waals surface area contributed by atoms with Crippen molar-refractivity contribution in [1.29, 1.82) is 0 Å². The van der Waals surface area contributed by atoms with Crippen molar-refractivity contribution in [3.63, 3.8) is 0 Å². The molecule has 4 aliphatic rings. The van der Waals surface area contributed by atoms with Gasteiger partial charge in [-0.25, -0.2) is 0 Å². The van der Waals surface area contributed by atoms with Crippen LogP contribution in [0.25, 0.3) is 0 Å².